The van der Waals surface area contributed by atoms with E-state index in [2.05, 4.69) is 4.98 Å². The molecule has 5 nitrogen and oxygen atoms in total. The Hall–Kier alpha value is -2.56. The SMILES string of the molecule is COc1ncccc1C(=O)N(C)c1cccc(O)c1. The number of phenolic OH excluding ortho intramolecular Hbond substituents is 1. The maximum absolute atomic E-state index is 12.4. The van der Waals surface area contributed by atoms with Crippen molar-refractivity contribution >= 4 is 11.6 Å². The van der Waals surface area contributed by atoms with E-state index >= 15 is 0 Å². The molecule has 5 heteroatoms. The Balaban J connectivity index is 2.33. The Morgan fingerprint density at radius 1 is 1.32 bits per heavy atom. The lowest BCUT2D eigenvalue weighted by Crippen LogP contribution is -2.26. The molecule has 0 saturated heterocycles. The summed E-state index contributed by atoms with van der Waals surface area (Å²) in [5, 5.41) is 9.44. The number of hydrogen-bond acceptors (Lipinski definition) is 4. The number of anilines is 1. The Morgan fingerprint density at radius 3 is 2.79 bits per heavy atom. The average molecular weight is 258 g/mol. The summed E-state index contributed by atoms with van der Waals surface area (Å²) in [4.78, 5) is 17.8. The third kappa shape index (κ3) is 2.65. The normalized spacial score (nSPS) is 10.0. The summed E-state index contributed by atoms with van der Waals surface area (Å²) in [6.45, 7) is 0. The van der Waals surface area contributed by atoms with Crippen LogP contribution in [0.3, 0.4) is 0 Å². The second-order valence-corrected chi connectivity index (χ2v) is 3.94. The first-order valence-electron chi connectivity index (χ1n) is 5.69. The summed E-state index contributed by atoms with van der Waals surface area (Å²) in [5.74, 6) is 0.130. The monoisotopic (exact) mass is 258 g/mol. The number of ether oxygens (including phenoxy) is 1. The van der Waals surface area contributed by atoms with Gasteiger partial charge >= 0.3 is 0 Å². The van der Waals surface area contributed by atoms with Crippen molar-refractivity contribution < 1.29 is 14.6 Å². The van der Waals surface area contributed by atoms with Crippen LogP contribution in [0.25, 0.3) is 0 Å². The highest BCUT2D eigenvalue weighted by Gasteiger charge is 2.18. The molecule has 1 aromatic carbocycles. The minimum atomic E-state index is -0.254. The summed E-state index contributed by atoms with van der Waals surface area (Å²) >= 11 is 0. The number of aromatic nitrogens is 1. The van der Waals surface area contributed by atoms with Gasteiger partial charge in [-0.05, 0) is 24.3 Å². The molecular formula is C14H14N2O3. The lowest BCUT2D eigenvalue weighted by atomic mass is 10.2. The van der Waals surface area contributed by atoms with Crippen LogP contribution in [0.1, 0.15) is 10.4 Å². The number of nitrogens with zero attached hydrogens (tertiary/aromatic N) is 2. The zero-order valence-corrected chi connectivity index (χ0v) is 10.7. The number of phenols is 1. The van der Waals surface area contributed by atoms with Gasteiger partial charge in [-0.15, -0.1) is 0 Å². The number of hydrogen-bond donors (Lipinski definition) is 1. The third-order valence-corrected chi connectivity index (χ3v) is 2.72. The summed E-state index contributed by atoms with van der Waals surface area (Å²) < 4.78 is 5.07. The van der Waals surface area contributed by atoms with E-state index in [1.807, 2.05) is 0 Å². The molecule has 0 bridgehead atoms. The Kier molecular flexibility index (Phi) is 3.66. The fourth-order valence-corrected chi connectivity index (χ4v) is 1.72. The van der Waals surface area contributed by atoms with Crippen LogP contribution < -0.4 is 9.64 Å². The zero-order valence-electron chi connectivity index (χ0n) is 10.7. The highest BCUT2D eigenvalue weighted by molar-refractivity contribution is 6.07. The van der Waals surface area contributed by atoms with Gasteiger partial charge in [0.2, 0.25) is 5.88 Å². The lowest BCUT2D eigenvalue weighted by molar-refractivity contribution is 0.0989. The van der Waals surface area contributed by atoms with Crippen LogP contribution in [0, 0.1) is 0 Å². The summed E-state index contributed by atoms with van der Waals surface area (Å²) in [6, 6.07) is 9.79. The molecule has 0 unspecified atom stereocenters. The first kappa shape index (κ1) is 12.9. The Morgan fingerprint density at radius 2 is 2.11 bits per heavy atom. The number of carbonyl (C=O) groups is 1. The van der Waals surface area contributed by atoms with Gasteiger partial charge in [-0.25, -0.2) is 4.98 Å². The van der Waals surface area contributed by atoms with Crippen LogP contribution in [0.15, 0.2) is 42.6 Å². The Labute approximate surface area is 111 Å². The van der Waals surface area contributed by atoms with Gasteiger partial charge in [0.15, 0.2) is 0 Å². The number of pyridine rings is 1. The molecule has 1 heterocycles. The maximum atomic E-state index is 12.4. The van der Waals surface area contributed by atoms with Crippen LogP contribution in [0.2, 0.25) is 0 Å². The molecule has 19 heavy (non-hydrogen) atoms. The molecule has 0 radical (unpaired) electrons. The van der Waals surface area contributed by atoms with Gasteiger partial charge in [0.05, 0.1) is 7.11 Å². The standard InChI is InChI=1S/C14H14N2O3/c1-16(10-5-3-6-11(17)9-10)14(18)12-7-4-8-15-13(12)19-2/h3-9,17H,1-2H3. The van der Waals surface area contributed by atoms with E-state index in [9.17, 15) is 9.90 Å². The molecule has 0 saturated carbocycles. The van der Waals surface area contributed by atoms with E-state index in [-0.39, 0.29) is 17.5 Å². The highest BCUT2D eigenvalue weighted by Crippen LogP contribution is 2.23. The first-order chi connectivity index (χ1) is 9.13. The molecule has 2 rings (SSSR count). The van der Waals surface area contributed by atoms with Crippen molar-refractivity contribution in [3.8, 4) is 11.6 Å². The molecule has 1 N–H and O–H groups in total. The number of amides is 1. The van der Waals surface area contributed by atoms with Crippen molar-refractivity contribution in [2.45, 2.75) is 0 Å². The fraction of sp³-hybridized carbons (Fsp3) is 0.143. The van der Waals surface area contributed by atoms with Crippen LogP contribution in [-0.2, 0) is 0 Å². The molecule has 0 spiro atoms. The van der Waals surface area contributed by atoms with Crippen molar-refractivity contribution in [1.29, 1.82) is 0 Å². The first-order valence-corrected chi connectivity index (χ1v) is 5.69. The molecular weight excluding hydrogens is 244 g/mol. The Bertz CT molecular complexity index is 599. The van der Waals surface area contributed by atoms with Gasteiger partial charge in [-0.1, -0.05) is 6.07 Å². The van der Waals surface area contributed by atoms with E-state index in [0.29, 0.717) is 11.3 Å². The zero-order chi connectivity index (χ0) is 13.8. The van der Waals surface area contributed by atoms with Crippen molar-refractivity contribution in [1.82, 2.24) is 4.98 Å². The van der Waals surface area contributed by atoms with E-state index < -0.39 is 0 Å². The molecule has 2 aromatic rings. The van der Waals surface area contributed by atoms with Crippen molar-refractivity contribution in [2.75, 3.05) is 19.1 Å². The number of rotatable bonds is 3. The minimum Gasteiger partial charge on any atom is -0.508 e. The number of carbonyl (C=O) groups excluding carboxylic acids is 1. The topological polar surface area (TPSA) is 62.7 Å². The van der Waals surface area contributed by atoms with Crippen LogP contribution in [-0.4, -0.2) is 30.2 Å². The average Bonchev–Trinajstić information content (AvgIpc) is 2.45. The number of benzene rings is 1. The van der Waals surface area contributed by atoms with Gasteiger partial charge in [-0.3, -0.25) is 4.79 Å². The van der Waals surface area contributed by atoms with E-state index in [0.717, 1.165) is 0 Å². The highest BCUT2D eigenvalue weighted by atomic mass is 16.5. The van der Waals surface area contributed by atoms with Gasteiger partial charge in [-0.2, -0.15) is 0 Å². The molecule has 1 aromatic heterocycles. The molecule has 1 amide bonds. The third-order valence-electron chi connectivity index (χ3n) is 2.72. The van der Waals surface area contributed by atoms with Crippen LogP contribution in [0.4, 0.5) is 5.69 Å². The van der Waals surface area contributed by atoms with Crippen molar-refractivity contribution in [3.05, 3.63) is 48.2 Å². The van der Waals surface area contributed by atoms with Gasteiger partial charge in [0, 0.05) is 25.0 Å². The molecule has 98 valence electrons. The maximum Gasteiger partial charge on any atom is 0.263 e. The minimum absolute atomic E-state index is 0.107. The van der Waals surface area contributed by atoms with Gasteiger partial charge < -0.3 is 14.7 Å². The summed E-state index contributed by atoms with van der Waals surface area (Å²) in [7, 11) is 3.09. The van der Waals surface area contributed by atoms with Crippen LogP contribution >= 0.6 is 0 Å². The predicted molar refractivity (Wildman–Crippen MR) is 71.6 cm³/mol. The quantitative estimate of drug-likeness (QED) is 0.915. The number of aromatic hydroxyl groups is 1. The van der Waals surface area contributed by atoms with Crippen molar-refractivity contribution in [3.63, 3.8) is 0 Å². The van der Waals surface area contributed by atoms with E-state index in [1.165, 1.54) is 18.1 Å². The summed E-state index contributed by atoms with van der Waals surface area (Å²) in [6.07, 6.45) is 1.56. The van der Waals surface area contributed by atoms with Gasteiger partial charge in [0.25, 0.3) is 5.91 Å². The largest absolute Gasteiger partial charge is 0.508 e. The van der Waals surface area contributed by atoms with E-state index in [4.69, 9.17) is 4.74 Å². The second-order valence-electron chi connectivity index (χ2n) is 3.94. The second kappa shape index (κ2) is 5.39. The van der Waals surface area contributed by atoms with E-state index in [1.54, 1.807) is 43.6 Å². The molecule has 0 aliphatic carbocycles. The smallest absolute Gasteiger partial charge is 0.263 e. The summed E-state index contributed by atoms with van der Waals surface area (Å²) in [5.41, 5.74) is 0.965. The predicted octanol–water partition coefficient (Wildman–Crippen LogP) is 2.07. The molecule has 0 fully saturated rings. The molecule has 0 aliphatic rings. The molecule has 0 atom stereocenters. The van der Waals surface area contributed by atoms with Crippen LogP contribution in [0.5, 0.6) is 11.6 Å². The molecule has 0 aliphatic heterocycles. The number of methoxy groups -OCH3 is 1. The van der Waals surface area contributed by atoms with Gasteiger partial charge in [0.1, 0.15) is 11.3 Å². The lowest BCUT2D eigenvalue weighted by Gasteiger charge is -2.18. The fourth-order valence-electron chi connectivity index (χ4n) is 1.72. The van der Waals surface area contributed by atoms with Crippen molar-refractivity contribution in [2.24, 2.45) is 0 Å².